The van der Waals surface area contributed by atoms with Gasteiger partial charge in [0.25, 0.3) is 5.69 Å². The summed E-state index contributed by atoms with van der Waals surface area (Å²) < 4.78 is 15.1. The van der Waals surface area contributed by atoms with Gasteiger partial charge in [-0.1, -0.05) is 0 Å². The van der Waals surface area contributed by atoms with Gasteiger partial charge in [0.05, 0.1) is 26.8 Å². The van der Waals surface area contributed by atoms with Gasteiger partial charge in [-0.3, -0.25) is 14.8 Å². The Morgan fingerprint density at radius 3 is 2.68 bits per heavy atom. The van der Waals surface area contributed by atoms with Crippen LogP contribution in [0.15, 0.2) is 22.8 Å². The van der Waals surface area contributed by atoms with E-state index in [1.807, 2.05) is 0 Å². The number of halogens is 2. The Kier molecular flexibility index (Phi) is 3.52. The van der Waals surface area contributed by atoms with E-state index < -0.39 is 10.7 Å². The highest BCUT2D eigenvalue weighted by Gasteiger charge is 2.18. The van der Waals surface area contributed by atoms with Crippen LogP contribution in [-0.2, 0) is 7.05 Å². The molecule has 0 atom stereocenters. The number of rotatable bonds is 3. The highest BCUT2D eigenvalue weighted by atomic mass is 79.9. The summed E-state index contributed by atoms with van der Waals surface area (Å²) in [5, 5.41) is 17.9. The van der Waals surface area contributed by atoms with Crippen LogP contribution in [0.5, 0.6) is 0 Å². The number of hydrogen-bond acceptors (Lipinski definition) is 4. The van der Waals surface area contributed by atoms with E-state index in [1.165, 1.54) is 6.07 Å². The SMILES string of the molecule is Cc1nn(C)cc1Nc1cc(Br)c(F)cc1[N+](=O)[O-]. The van der Waals surface area contributed by atoms with Gasteiger partial charge < -0.3 is 5.32 Å². The smallest absolute Gasteiger partial charge is 0.295 e. The van der Waals surface area contributed by atoms with Crippen LogP contribution in [0.25, 0.3) is 0 Å². The molecule has 19 heavy (non-hydrogen) atoms. The Morgan fingerprint density at radius 2 is 2.16 bits per heavy atom. The molecule has 0 amide bonds. The standard InChI is InChI=1S/C11H10BrFN4O2/c1-6-10(5-16(2)15-6)14-9-3-7(12)8(13)4-11(9)17(18)19/h3-5,14H,1-2H3. The van der Waals surface area contributed by atoms with Gasteiger partial charge in [0, 0.05) is 13.2 Å². The highest BCUT2D eigenvalue weighted by molar-refractivity contribution is 9.10. The molecule has 1 heterocycles. The summed E-state index contributed by atoms with van der Waals surface area (Å²) >= 11 is 3.01. The zero-order chi connectivity index (χ0) is 14.2. The van der Waals surface area contributed by atoms with E-state index in [-0.39, 0.29) is 15.8 Å². The number of aromatic nitrogens is 2. The summed E-state index contributed by atoms with van der Waals surface area (Å²) in [5.41, 5.74) is 1.19. The van der Waals surface area contributed by atoms with Gasteiger partial charge in [0.1, 0.15) is 11.5 Å². The fraction of sp³-hybridized carbons (Fsp3) is 0.182. The average molecular weight is 329 g/mol. The van der Waals surface area contributed by atoms with Crippen LogP contribution in [-0.4, -0.2) is 14.7 Å². The van der Waals surface area contributed by atoms with Crippen molar-refractivity contribution in [2.45, 2.75) is 6.92 Å². The van der Waals surface area contributed by atoms with Crippen molar-refractivity contribution in [3.63, 3.8) is 0 Å². The molecular weight excluding hydrogens is 319 g/mol. The van der Waals surface area contributed by atoms with Crippen molar-refractivity contribution in [3.05, 3.63) is 44.4 Å². The lowest BCUT2D eigenvalue weighted by Crippen LogP contribution is -1.98. The molecule has 100 valence electrons. The lowest BCUT2D eigenvalue weighted by Gasteiger charge is -2.07. The third-order valence-corrected chi connectivity index (χ3v) is 3.13. The van der Waals surface area contributed by atoms with Crippen molar-refractivity contribution in [2.24, 2.45) is 7.05 Å². The molecule has 0 saturated carbocycles. The lowest BCUT2D eigenvalue weighted by molar-refractivity contribution is -0.384. The molecule has 6 nitrogen and oxygen atoms in total. The van der Waals surface area contributed by atoms with Gasteiger partial charge in [0.2, 0.25) is 0 Å². The predicted molar refractivity (Wildman–Crippen MR) is 72.0 cm³/mol. The van der Waals surface area contributed by atoms with E-state index in [9.17, 15) is 14.5 Å². The van der Waals surface area contributed by atoms with Gasteiger partial charge in [0.15, 0.2) is 0 Å². The summed E-state index contributed by atoms with van der Waals surface area (Å²) in [6, 6.07) is 2.21. The summed E-state index contributed by atoms with van der Waals surface area (Å²) in [4.78, 5) is 10.3. The summed E-state index contributed by atoms with van der Waals surface area (Å²) in [5.74, 6) is -0.680. The maximum Gasteiger partial charge on any atom is 0.295 e. The Hall–Kier alpha value is -1.96. The third kappa shape index (κ3) is 2.73. The van der Waals surface area contributed by atoms with Crippen molar-refractivity contribution < 1.29 is 9.31 Å². The number of anilines is 2. The predicted octanol–water partition coefficient (Wildman–Crippen LogP) is 3.28. The van der Waals surface area contributed by atoms with Crippen LogP contribution < -0.4 is 5.32 Å². The second kappa shape index (κ2) is 4.96. The second-order valence-corrected chi connectivity index (χ2v) is 4.82. The van der Waals surface area contributed by atoms with Gasteiger partial charge in [-0.2, -0.15) is 5.10 Å². The molecule has 2 aromatic rings. The fourth-order valence-electron chi connectivity index (χ4n) is 1.65. The van der Waals surface area contributed by atoms with E-state index in [0.717, 1.165) is 6.07 Å². The summed E-state index contributed by atoms with van der Waals surface area (Å²) in [6.07, 6.45) is 1.69. The maximum absolute atomic E-state index is 13.3. The van der Waals surface area contributed by atoms with Crippen molar-refractivity contribution in [1.29, 1.82) is 0 Å². The van der Waals surface area contributed by atoms with Gasteiger partial charge in [-0.15, -0.1) is 0 Å². The Bertz CT molecular complexity index is 656. The molecule has 0 spiro atoms. The largest absolute Gasteiger partial charge is 0.347 e. The van der Waals surface area contributed by atoms with Crippen molar-refractivity contribution >= 4 is 33.0 Å². The molecule has 1 aromatic heterocycles. The molecule has 1 N–H and O–H groups in total. The molecule has 0 radical (unpaired) electrons. The quantitative estimate of drug-likeness (QED) is 0.693. The van der Waals surface area contributed by atoms with E-state index in [0.29, 0.717) is 11.4 Å². The molecule has 0 saturated heterocycles. The van der Waals surface area contributed by atoms with E-state index in [1.54, 1.807) is 24.9 Å². The molecule has 0 aliphatic heterocycles. The first-order chi connectivity index (χ1) is 8.88. The normalized spacial score (nSPS) is 10.5. The first-order valence-electron chi connectivity index (χ1n) is 5.29. The summed E-state index contributed by atoms with van der Waals surface area (Å²) in [7, 11) is 1.74. The zero-order valence-corrected chi connectivity index (χ0v) is 11.7. The van der Waals surface area contributed by atoms with Crippen LogP contribution in [0, 0.1) is 22.9 Å². The van der Waals surface area contributed by atoms with Crippen molar-refractivity contribution in [2.75, 3.05) is 5.32 Å². The maximum atomic E-state index is 13.3. The number of nitro groups is 1. The molecule has 0 aliphatic rings. The first kappa shape index (κ1) is 13.5. The molecule has 0 bridgehead atoms. The number of benzene rings is 1. The number of nitro benzene ring substituents is 1. The van der Waals surface area contributed by atoms with Crippen LogP contribution in [0.3, 0.4) is 0 Å². The van der Waals surface area contributed by atoms with Gasteiger partial charge >= 0.3 is 0 Å². The highest BCUT2D eigenvalue weighted by Crippen LogP contribution is 2.33. The minimum atomic E-state index is -0.680. The van der Waals surface area contributed by atoms with Gasteiger partial charge in [-0.05, 0) is 28.9 Å². The number of aryl methyl sites for hydroxylation is 2. The Morgan fingerprint density at radius 1 is 1.47 bits per heavy atom. The lowest BCUT2D eigenvalue weighted by atomic mass is 10.2. The second-order valence-electron chi connectivity index (χ2n) is 3.97. The molecule has 1 aromatic carbocycles. The molecule has 2 rings (SSSR count). The molecule has 0 unspecified atom stereocenters. The topological polar surface area (TPSA) is 73.0 Å². The zero-order valence-electron chi connectivity index (χ0n) is 10.1. The Balaban J connectivity index is 2.47. The van der Waals surface area contributed by atoms with Gasteiger partial charge in [-0.25, -0.2) is 4.39 Å². The monoisotopic (exact) mass is 328 g/mol. The molecule has 0 fully saturated rings. The molecule has 0 aliphatic carbocycles. The van der Waals surface area contributed by atoms with E-state index in [2.05, 4.69) is 26.3 Å². The van der Waals surface area contributed by atoms with Crippen LogP contribution in [0.4, 0.5) is 21.5 Å². The van der Waals surface area contributed by atoms with Crippen LogP contribution in [0.1, 0.15) is 5.69 Å². The molecular formula is C11H10BrFN4O2. The van der Waals surface area contributed by atoms with Crippen LogP contribution >= 0.6 is 15.9 Å². The van der Waals surface area contributed by atoms with E-state index >= 15 is 0 Å². The molecule has 8 heteroatoms. The van der Waals surface area contributed by atoms with Crippen molar-refractivity contribution in [3.8, 4) is 0 Å². The van der Waals surface area contributed by atoms with E-state index in [4.69, 9.17) is 0 Å². The minimum absolute atomic E-state index is 0.155. The number of nitrogens with one attached hydrogen (secondary N) is 1. The minimum Gasteiger partial charge on any atom is -0.347 e. The van der Waals surface area contributed by atoms with Crippen molar-refractivity contribution in [1.82, 2.24) is 9.78 Å². The van der Waals surface area contributed by atoms with Crippen LogP contribution in [0.2, 0.25) is 0 Å². The number of nitrogens with zero attached hydrogens (tertiary/aromatic N) is 3. The Labute approximate surface area is 116 Å². The fourth-order valence-corrected chi connectivity index (χ4v) is 2.00. The first-order valence-corrected chi connectivity index (χ1v) is 6.08. The third-order valence-electron chi connectivity index (χ3n) is 2.52. The average Bonchev–Trinajstić information content (AvgIpc) is 2.62. The summed E-state index contributed by atoms with van der Waals surface area (Å²) in [6.45, 7) is 1.77. The number of hydrogen-bond donors (Lipinski definition) is 1.